The highest BCUT2D eigenvalue weighted by Gasteiger charge is 2.20. The summed E-state index contributed by atoms with van der Waals surface area (Å²) in [6, 6.07) is 6.23. The molecule has 0 radical (unpaired) electrons. The van der Waals surface area contributed by atoms with Crippen molar-refractivity contribution in [3.05, 3.63) is 57.5 Å². The molecule has 6 nitrogen and oxygen atoms in total. The number of aromatic nitrogens is 3. The third-order valence-electron chi connectivity index (χ3n) is 4.81. The zero-order valence-electron chi connectivity index (χ0n) is 16.4. The Labute approximate surface area is 166 Å². The molecule has 0 bridgehead atoms. The number of carbonyl (C=O) groups excluding carboxylic acids is 1. The molecule has 1 amide bonds. The van der Waals surface area contributed by atoms with E-state index < -0.39 is 0 Å². The first-order chi connectivity index (χ1) is 13.3. The molecule has 0 aliphatic carbocycles. The van der Waals surface area contributed by atoms with Crippen molar-refractivity contribution in [3.8, 4) is 10.6 Å². The van der Waals surface area contributed by atoms with Crippen molar-refractivity contribution in [2.24, 2.45) is 0 Å². The molecule has 142 valence electrons. The zero-order chi connectivity index (χ0) is 20.0. The Bertz CT molecular complexity index is 1220. The van der Waals surface area contributed by atoms with Crippen LogP contribution >= 0.6 is 11.3 Å². The summed E-state index contributed by atoms with van der Waals surface area (Å²) in [6.45, 7) is 9.76. The number of nitrogens with zero attached hydrogens (tertiary/aromatic N) is 3. The first-order valence-electron chi connectivity index (χ1n) is 8.92. The van der Waals surface area contributed by atoms with Crippen LogP contribution in [0.15, 0.2) is 28.9 Å². The number of fused-ring (bicyclic) bond motifs is 1. The second kappa shape index (κ2) is 6.83. The highest BCUT2D eigenvalue weighted by atomic mass is 32.1. The van der Waals surface area contributed by atoms with Crippen molar-refractivity contribution in [2.75, 3.05) is 5.32 Å². The molecule has 4 rings (SSSR count). The summed E-state index contributed by atoms with van der Waals surface area (Å²) in [5.41, 5.74) is 5.47. The minimum Gasteiger partial charge on any atom is -0.443 e. The number of aryl methyl sites for hydroxylation is 5. The minimum atomic E-state index is -0.232. The minimum absolute atomic E-state index is 0.232. The van der Waals surface area contributed by atoms with Crippen LogP contribution in [0.1, 0.15) is 37.8 Å². The fraction of sp³-hybridized carbons (Fsp3) is 0.238. The molecule has 3 heterocycles. The van der Waals surface area contributed by atoms with E-state index in [9.17, 15) is 4.79 Å². The number of furan rings is 1. The quantitative estimate of drug-likeness (QED) is 0.522. The van der Waals surface area contributed by atoms with Crippen molar-refractivity contribution in [1.29, 1.82) is 0 Å². The van der Waals surface area contributed by atoms with E-state index >= 15 is 0 Å². The van der Waals surface area contributed by atoms with Crippen LogP contribution in [0.2, 0.25) is 0 Å². The van der Waals surface area contributed by atoms with Gasteiger partial charge < -0.3 is 9.73 Å². The fourth-order valence-electron chi connectivity index (χ4n) is 3.22. The largest absolute Gasteiger partial charge is 0.443 e. The average molecular weight is 392 g/mol. The molecule has 0 aliphatic rings. The maximum Gasteiger partial charge on any atom is 0.268 e. The molecule has 1 N–H and O–H groups in total. The number of amides is 1. The number of hydrogen-bond acceptors (Lipinski definition) is 6. The third-order valence-corrected chi connectivity index (χ3v) is 6.00. The van der Waals surface area contributed by atoms with Gasteiger partial charge in [-0.3, -0.25) is 4.79 Å². The van der Waals surface area contributed by atoms with E-state index in [0.717, 1.165) is 32.8 Å². The second-order valence-corrected chi connectivity index (χ2v) is 7.89. The summed E-state index contributed by atoms with van der Waals surface area (Å²) >= 11 is 1.38. The van der Waals surface area contributed by atoms with E-state index in [-0.39, 0.29) is 5.91 Å². The number of hydrogen-bond donors (Lipinski definition) is 1. The number of benzene rings is 1. The Morgan fingerprint density at radius 3 is 2.64 bits per heavy atom. The average Bonchev–Trinajstić information content (AvgIpc) is 3.16. The predicted octanol–water partition coefficient (Wildman–Crippen LogP) is 5.14. The number of carbonyl (C=O) groups is 1. The zero-order valence-corrected chi connectivity index (χ0v) is 17.2. The van der Waals surface area contributed by atoms with Crippen molar-refractivity contribution in [2.45, 2.75) is 34.6 Å². The molecule has 0 saturated heterocycles. The highest BCUT2D eigenvalue weighted by molar-refractivity contribution is 7.17. The first-order valence-corrected chi connectivity index (χ1v) is 9.74. The molecule has 3 aromatic heterocycles. The third kappa shape index (κ3) is 3.07. The lowest BCUT2D eigenvalue weighted by molar-refractivity contribution is 0.102. The van der Waals surface area contributed by atoms with Gasteiger partial charge in [0.15, 0.2) is 0 Å². The fourth-order valence-corrected chi connectivity index (χ4v) is 4.27. The van der Waals surface area contributed by atoms with Crippen LogP contribution in [0.4, 0.5) is 5.82 Å². The Morgan fingerprint density at radius 2 is 1.89 bits per heavy atom. The van der Waals surface area contributed by atoms with Gasteiger partial charge in [-0.1, -0.05) is 23.8 Å². The van der Waals surface area contributed by atoms with E-state index in [2.05, 4.69) is 52.3 Å². The van der Waals surface area contributed by atoms with Crippen LogP contribution < -0.4 is 5.32 Å². The van der Waals surface area contributed by atoms with Gasteiger partial charge in [-0.2, -0.15) is 0 Å². The maximum absolute atomic E-state index is 12.9. The SMILES string of the molecule is Cc1ccc(-c2nc(C)c(C(=O)Nc3ncnc4oc(C)c(C)c34)s2)c(C)c1. The Kier molecular flexibility index (Phi) is 4.47. The molecule has 1 aromatic carbocycles. The van der Waals surface area contributed by atoms with Crippen LogP contribution in [-0.2, 0) is 0 Å². The van der Waals surface area contributed by atoms with Gasteiger partial charge in [0.1, 0.15) is 27.8 Å². The van der Waals surface area contributed by atoms with Gasteiger partial charge in [-0.25, -0.2) is 15.0 Å². The lowest BCUT2D eigenvalue weighted by Gasteiger charge is -2.04. The molecule has 0 aliphatic heterocycles. The van der Waals surface area contributed by atoms with Crippen LogP contribution in [0.5, 0.6) is 0 Å². The van der Waals surface area contributed by atoms with Gasteiger partial charge in [0, 0.05) is 11.1 Å². The summed E-state index contributed by atoms with van der Waals surface area (Å²) in [7, 11) is 0. The molecule has 0 fully saturated rings. The number of anilines is 1. The van der Waals surface area contributed by atoms with E-state index in [1.165, 1.54) is 23.2 Å². The van der Waals surface area contributed by atoms with Gasteiger partial charge in [-0.05, 0) is 40.2 Å². The van der Waals surface area contributed by atoms with Gasteiger partial charge in [0.25, 0.3) is 5.91 Å². The molecule has 4 aromatic rings. The van der Waals surface area contributed by atoms with Gasteiger partial charge in [0.2, 0.25) is 5.71 Å². The van der Waals surface area contributed by atoms with Gasteiger partial charge >= 0.3 is 0 Å². The maximum atomic E-state index is 12.9. The summed E-state index contributed by atoms with van der Waals surface area (Å²) < 4.78 is 5.62. The lowest BCUT2D eigenvalue weighted by Crippen LogP contribution is -2.13. The Morgan fingerprint density at radius 1 is 1.11 bits per heavy atom. The second-order valence-electron chi connectivity index (χ2n) is 6.89. The van der Waals surface area contributed by atoms with Crippen molar-refractivity contribution >= 4 is 34.2 Å². The Hall–Kier alpha value is -3.06. The molecule has 28 heavy (non-hydrogen) atoms. The number of rotatable bonds is 3. The summed E-state index contributed by atoms with van der Waals surface area (Å²) in [6.07, 6.45) is 1.39. The van der Waals surface area contributed by atoms with E-state index in [4.69, 9.17) is 4.42 Å². The van der Waals surface area contributed by atoms with Crippen LogP contribution in [0, 0.1) is 34.6 Å². The van der Waals surface area contributed by atoms with E-state index in [1.807, 2.05) is 20.8 Å². The molecule has 0 unspecified atom stereocenters. The number of thiazole rings is 1. The van der Waals surface area contributed by atoms with Crippen molar-refractivity contribution in [3.63, 3.8) is 0 Å². The van der Waals surface area contributed by atoms with E-state index in [0.29, 0.717) is 22.1 Å². The smallest absolute Gasteiger partial charge is 0.268 e. The summed E-state index contributed by atoms with van der Waals surface area (Å²) in [4.78, 5) is 26.5. The van der Waals surface area contributed by atoms with Gasteiger partial charge in [-0.15, -0.1) is 11.3 Å². The highest BCUT2D eigenvalue weighted by Crippen LogP contribution is 2.32. The Balaban J connectivity index is 1.69. The first kappa shape index (κ1) is 18.3. The van der Waals surface area contributed by atoms with Crippen molar-refractivity contribution in [1.82, 2.24) is 15.0 Å². The normalized spacial score (nSPS) is 11.2. The lowest BCUT2D eigenvalue weighted by atomic mass is 10.1. The van der Waals surface area contributed by atoms with Crippen LogP contribution in [0.3, 0.4) is 0 Å². The standard InChI is InChI=1S/C21H20N4O2S/c1-10-6-7-15(11(2)8-10)21-24-13(4)17(28-21)19(26)25-18-16-12(3)14(5)27-20(16)23-9-22-18/h6-9H,1-5H3,(H,22,23,25,26). The molecular weight excluding hydrogens is 372 g/mol. The molecule has 0 spiro atoms. The summed E-state index contributed by atoms with van der Waals surface area (Å²) in [5, 5.41) is 4.47. The molecular formula is C21H20N4O2S. The topological polar surface area (TPSA) is 80.9 Å². The van der Waals surface area contributed by atoms with Gasteiger partial charge in [0.05, 0.1) is 11.1 Å². The molecule has 0 atom stereocenters. The summed E-state index contributed by atoms with van der Waals surface area (Å²) in [5.74, 6) is 0.978. The monoisotopic (exact) mass is 392 g/mol. The van der Waals surface area contributed by atoms with E-state index in [1.54, 1.807) is 0 Å². The molecule has 0 saturated carbocycles. The van der Waals surface area contributed by atoms with Crippen molar-refractivity contribution < 1.29 is 9.21 Å². The van der Waals surface area contributed by atoms with Crippen LogP contribution in [0.25, 0.3) is 21.7 Å². The molecule has 7 heteroatoms. The predicted molar refractivity (Wildman–Crippen MR) is 111 cm³/mol. The van der Waals surface area contributed by atoms with Crippen LogP contribution in [-0.4, -0.2) is 20.9 Å². The number of nitrogens with one attached hydrogen (secondary N) is 1.